The van der Waals surface area contributed by atoms with Crippen molar-refractivity contribution in [2.75, 3.05) is 13.1 Å². The molecular formula is C13H18F2N2. The van der Waals surface area contributed by atoms with E-state index < -0.39 is 0 Å². The first-order valence-corrected chi connectivity index (χ1v) is 6.02. The minimum absolute atomic E-state index is 0.0989. The summed E-state index contributed by atoms with van der Waals surface area (Å²) in [5, 5.41) is 0. The lowest BCUT2D eigenvalue weighted by molar-refractivity contribution is 0.160. The van der Waals surface area contributed by atoms with Crippen molar-refractivity contribution in [1.82, 2.24) is 4.90 Å². The molecule has 1 aromatic carbocycles. The van der Waals surface area contributed by atoms with Crippen molar-refractivity contribution >= 4 is 0 Å². The van der Waals surface area contributed by atoms with E-state index in [1.54, 1.807) is 0 Å². The zero-order chi connectivity index (χ0) is 12.4. The van der Waals surface area contributed by atoms with E-state index in [1.807, 2.05) is 6.92 Å². The third-order valence-corrected chi connectivity index (χ3v) is 3.53. The molecule has 0 bridgehead atoms. The number of benzene rings is 1. The zero-order valence-electron chi connectivity index (χ0n) is 10.00. The first-order chi connectivity index (χ1) is 8.08. The van der Waals surface area contributed by atoms with Crippen molar-refractivity contribution in [3.8, 4) is 0 Å². The van der Waals surface area contributed by atoms with E-state index in [-0.39, 0.29) is 23.7 Å². The van der Waals surface area contributed by atoms with Crippen molar-refractivity contribution in [3.63, 3.8) is 0 Å². The summed E-state index contributed by atoms with van der Waals surface area (Å²) in [5.74, 6) is -0.726. The smallest absolute Gasteiger partial charge is 0.128 e. The van der Waals surface area contributed by atoms with E-state index >= 15 is 0 Å². The molecule has 2 nitrogen and oxygen atoms in total. The second kappa shape index (κ2) is 5.10. The lowest BCUT2D eigenvalue weighted by Crippen LogP contribution is -2.41. The third-order valence-electron chi connectivity index (χ3n) is 3.53. The molecule has 1 atom stereocenters. The second-order valence-corrected chi connectivity index (χ2v) is 4.72. The zero-order valence-corrected chi connectivity index (χ0v) is 10.00. The molecule has 17 heavy (non-hydrogen) atoms. The van der Waals surface area contributed by atoms with Crippen molar-refractivity contribution in [1.29, 1.82) is 0 Å². The highest BCUT2D eigenvalue weighted by Crippen LogP contribution is 2.26. The number of likely N-dealkylation sites (tertiary alicyclic amines) is 1. The first-order valence-electron chi connectivity index (χ1n) is 6.02. The van der Waals surface area contributed by atoms with Crippen LogP contribution in [0.5, 0.6) is 0 Å². The maximum atomic E-state index is 13.6. The molecule has 4 heteroatoms. The minimum Gasteiger partial charge on any atom is -0.328 e. The summed E-state index contributed by atoms with van der Waals surface area (Å²) < 4.78 is 26.8. The van der Waals surface area contributed by atoms with Gasteiger partial charge in [0, 0.05) is 30.7 Å². The Hall–Kier alpha value is -1.00. The van der Waals surface area contributed by atoms with Crippen LogP contribution in [-0.2, 0) is 0 Å². The molecule has 1 heterocycles. The van der Waals surface area contributed by atoms with Gasteiger partial charge in [-0.2, -0.15) is 0 Å². The Balaban J connectivity index is 2.13. The van der Waals surface area contributed by atoms with E-state index in [0.29, 0.717) is 5.56 Å². The predicted molar refractivity (Wildman–Crippen MR) is 63.6 cm³/mol. The van der Waals surface area contributed by atoms with Gasteiger partial charge in [-0.25, -0.2) is 8.78 Å². The Bertz CT molecular complexity index is 387. The summed E-state index contributed by atoms with van der Waals surface area (Å²) in [6.07, 6.45) is 1.84. The van der Waals surface area contributed by atoms with Crippen LogP contribution in [0, 0.1) is 11.6 Å². The normalized spacial score (nSPS) is 20.5. The van der Waals surface area contributed by atoms with Gasteiger partial charge in [0.15, 0.2) is 0 Å². The highest BCUT2D eigenvalue weighted by Gasteiger charge is 2.23. The second-order valence-electron chi connectivity index (χ2n) is 4.72. The van der Waals surface area contributed by atoms with Gasteiger partial charge in [0.1, 0.15) is 11.6 Å². The molecule has 94 valence electrons. The maximum Gasteiger partial charge on any atom is 0.128 e. The SMILES string of the molecule is CC(c1cc(F)ccc1F)N1CCC(N)CC1. The maximum absolute atomic E-state index is 13.6. The molecule has 2 rings (SSSR count). The molecule has 2 N–H and O–H groups in total. The van der Waals surface area contributed by atoms with E-state index in [2.05, 4.69) is 4.90 Å². The Kier molecular flexibility index (Phi) is 3.74. The predicted octanol–water partition coefficient (Wildman–Crippen LogP) is 2.45. The number of halogens is 2. The van der Waals surface area contributed by atoms with Crippen LogP contribution in [0.1, 0.15) is 31.4 Å². The Labute approximate surface area is 100 Å². The molecule has 1 aliphatic rings. The fourth-order valence-corrected chi connectivity index (χ4v) is 2.34. The van der Waals surface area contributed by atoms with Crippen LogP contribution in [0.15, 0.2) is 18.2 Å². The van der Waals surface area contributed by atoms with Crippen LogP contribution < -0.4 is 5.73 Å². The fraction of sp³-hybridized carbons (Fsp3) is 0.538. The van der Waals surface area contributed by atoms with Gasteiger partial charge in [0.05, 0.1) is 0 Å². The van der Waals surface area contributed by atoms with Gasteiger partial charge in [0.2, 0.25) is 0 Å². The van der Waals surface area contributed by atoms with Gasteiger partial charge in [0.25, 0.3) is 0 Å². The van der Waals surface area contributed by atoms with Gasteiger partial charge >= 0.3 is 0 Å². The highest BCUT2D eigenvalue weighted by atomic mass is 19.1. The van der Waals surface area contributed by atoms with Crippen LogP contribution in [0.4, 0.5) is 8.78 Å². The number of rotatable bonds is 2. The molecule has 0 spiro atoms. The number of hydrogen-bond acceptors (Lipinski definition) is 2. The van der Waals surface area contributed by atoms with Crippen molar-refractivity contribution in [3.05, 3.63) is 35.4 Å². The molecule has 0 radical (unpaired) electrons. The molecule has 1 aliphatic heterocycles. The molecule has 1 fully saturated rings. The molecule has 0 aliphatic carbocycles. The van der Waals surface area contributed by atoms with Gasteiger partial charge in [-0.1, -0.05) is 0 Å². The van der Waals surface area contributed by atoms with E-state index in [9.17, 15) is 8.78 Å². The highest BCUT2D eigenvalue weighted by molar-refractivity contribution is 5.22. The fourth-order valence-electron chi connectivity index (χ4n) is 2.34. The average molecular weight is 240 g/mol. The quantitative estimate of drug-likeness (QED) is 0.860. The minimum atomic E-state index is -0.387. The number of nitrogens with two attached hydrogens (primary N) is 1. The standard InChI is InChI=1S/C13H18F2N2/c1-9(17-6-4-11(16)5-7-17)12-8-10(14)2-3-13(12)15/h2-3,8-9,11H,4-7,16H2,1H3. The lowest BCUT2D eigenvalue weighted by atomic mass is 10.0. The largest absolute Gasteiger partial charge is 0.328 e. The third kappa shape index (κ3) is 2.82. The Morgan fingerprint density at radius 2 is 1.94 bits per heavy atom. The van der Waals surface area contributed by atoms with Gasteiger partial charge < -0.3 is 5.73 Å². The number of piperidine rings is 1. The van der Waals surface area contributed by atoms with Gasteiger partial charge in [-0.3, -0.25) is 4.90 Å². The molecule has 1 saturated heterocycles. The lowest BCUT2D eigenvalue weighted by Gasteiger charge is -2.35. The van der Waals surface area contributed by atoms with E-state index in [1.165, 1.54) is 12.1 Å². The summed E-state index contributed by atoms with van der Waals surface area (Å²) in [7, 11) is 0. The molecular weight excluding hydrogens is 222 g/mol. The topological polar surface area (TPSA) is 29.3 Å². The summed E-state index contributed by atoms with van der Waals surface area (Å²) in [4.78, 5) is 2.15. The molecule has 1 aromatic rings. The average Bonchev–Trinajstić information content (AvgIpc) is 2.32. The Morgan fingerprint density at radius 1 is 1.29 bits per heavy atom. The summed E-state index contributed by atoms with van der Waals surface area (Å²) >= 11 is 0. The molecule has 1 unspecified atom stereocenters. The monoisotopic (exact) mass is 240 g/mol. The van der Waals surface area contributed by atoms with Crippen LogP contribution >= 0.6 is 0 Å². The molecule has 0 aromatic heterocycles. The van der Waals surface area contributed by atoms with Crippen LogP contribution in [-0.4, -0.2) is 24.0 Å². The summed E-state index contributed by atoms with van der Waals surface area (Å²) in [6.45, 7) is 3.60. The summed E-state index contributed by atoms with van der Waals surface area (Å²) in [6, 6.07) is 3.78. The number of hydrogen-bond donors (Lipinski definition) is 1. The van der Waals surface area contributed by atoms with E-state index in [0.717, 1.165) is 32.0 Å². The van der Waals surface area contributed by atoms with Gasteiger partial charge in [-0.05, 0) is 38.0 Å². The summed E-state index contributed by atoms with van der Waals surface area (Å²) in [5.41, 5.74) is 6.26. The first kappa shape index (κ1) is 12.5. The molecule has 0 saturated carbocycles. The molecule has 0 amide bonds. The van der Waals surface area contributed by atoms with Crippen LogP contribution in [0.2, 0.25) is 0 Å². The van der Waals surface area contributed by atoms with Crippen molar-refractivity contribution in [2.24, 2.45) is 5.73 Å². The van der Waals surface area contributed by atoms with Crippen molar-refractivity contribution in [2.45, 2.75) is 31.8 Å². The van der Waals surface area contributed by atoms with Gasteiger partial charge in [-0.15, -0.1) is 0 Å². The van der Waals surface area contributed by atoms with Crippen LogP contribution in [0.3, 0.4) is 0 Å². The Morgan fingerprint density at radius 3 is 2.59 bits per heavy atom. The van der Waals surface area contributed by atoms with Crippen molar-refractivity contribution < 1.29 is 8.78 Å². The van der Waals surface area contributed by atoms with E-state index in [4.69, 9.17) is 5.73 Å². The number of nitrogens with zero attached hydrogens (tertiary/aromatic N) is 1. The van der Waals surface area contributed by atoms with Crippen LogP contribution in [0.25, 0.3) is 0 Å².